The molecule has 0 saturated heterocycles. The molecule has 0 aliphatic carbocycles. The second-order valence-electron chi connectivity index (χ2n) is 4.16. The predicted molar refractivity (Wildman–Crippen MR) is 70.4 cm³/mol. The zero-order valence-electron chi connectivity index (χ0n) is 9.60. The van der Waals surface area contributed by atoms with Gasteiger partial charge in [-0.1, -0.05) is 22.0 Å². The Kier molecular flexibility index (Phi) is 3.43. The summed E-state index contributed by atoms with van der Waals surface area (Å²) >= 11 is 3.28. The van der Waals surface area contributed by atoms with E-state index in [2.05, 4.69) is 15.9 Å². The Hall–Kier alpha value is -0.650. The highest BCUT2D eigenvalue weighted by molar-refractivity contribution is 9.10. The summed E-state index contributed by atoms with van der Waals surface area (Å²) in [6.07, 6.45) is 1.70. The van der Waals surface area contributed by atoms with Crippen molar-refractivity contribution in [2.24, 2.45) is 0 Å². The zero-order chi connectivity index (χ0) is 12.6. The lowest BCUT2D eigenvalue weighted by Gasteiger charge is -2.08. The molecule has 0 amide bonds. The van der Waals surface area contributed by atoms with E-state index in [1.165, 1.54) is 0 Å². The number of ether oxygens (including phenoxy) is 1. The number of rotatable bonds is 3. The number of halogens is 1. The van der Waals surface area contributed by atoms with Crippen molar-refractivity contribution in [3.8, 4) is 0 Å². The van der Waals surface area contributed by atoms with Crippen LogP contribution in [0.15, 0.2) is 32.5 Å². The molecule has 1 heterocycles. The van der Waals surface area contributed by atoms with Gasteiger partial charge in [-0.05, 0) is 37.6 Å². The fraction of sp³-hybridized carbons (Fsp3) is 0.333. The summed E-state index contributed by atoms with van der Waals surface area (Å²) in [5.74, 6) is 0. The molecule has 0 unspecified atom stereocenters. The van der Waals surface area contributed by atoms with Crippen LogP contribution in [0.5, 0.6) is 0 Å². The molecule has 0 atom stereocenters. The summed E-state index contributed by atoms with van der Waals surface area (Å²) in [6, 6.07) is 5.25. The minimum Gasteiger partial charge on any atom is -0.373 e. The van der Waals surface area contributed by atoms with Crippen molar-refractivity contribution in [2.75, 3.05) is 6.61 Å². The van der Waals surface area contributed by atoms with Crippen LogP contribution in [-0.2, 0) is 14.6 Å². The highest BCUT2D eigenvalue weighted by Crippen LogP contribution is 2.34. The fourth-order valence-electron chi connectivity index (χ4n) is 1.62. The molecule has 1 aliphatic rings. The highest BCUT2D eigenvalue weighted by atomic mass is 79.9. The van der Waals surface area contributed by atoms with Crippen LogP contribution < -0.4 is 0 Å². The Morgan fingerprint density at radius 3 is 2.71 bits per heavy atom. The van der Waals surface area contributed by atoms with Crippen LogP contribution in [0, 0.1) is 0 Å². The third-order valence-corrected chi connectivity index (χ3v) is 4.84. The average molecular weight is 317 g/mol. The minimum atomic E-state index is -3.36. The van der Waals surface area contributed by atoms with E-state index in [1.54, 1.807) is 18.2 Å². The molecule has 0 saturated carbocycles. The average Bonchev–Trinajstić information content (AvgIpc) is 2.48. The maximum atomic E-state index is 12.2. The minimum absolute atomic E-state index is 0.0153. The highest BCUT2D eigenvalue weighted by Gasteiger charge is 2.29. The molecule has 0 radical (unpaired) electrons. The SMILES string of the molecule is CC(C)OCC1=Cc2ccc(Br)cc2S1(=O)=O. The number of benzene rings is 1. The normalized spacial score (nSPS) is 17.1. The Labute approximate surface area is 110 Å². The van der Waals surface area contributed by atoms with E-state index in [0.29, 0.717) is 9.80 Å². The van der Waals surface area contributed by atoms with Gasteiger partial charge in [-0.25, -0.2) is 8.42 Å². The quantitative estimate of drug-likeness (QED) is 0.861. The second kappa shape index (κ2) is 4.55. The largest absolute Gasteiger partial charge is 0.373 e. The van der Waals surface area contributed by atoms with Gasteiger partial charge >= 0.3 is 0 Å². The Balaban J connectivity index is 2.36. The molecule has 0 aromatic heterocycles. The van der Waals surface area contributed by atoms with Gasteiger partial charge in [0.25, 0.3) is 0 Å². The molecular formula is C12H13BrO3S. The standard InChI is InChI=1S/C12H13BrO3S/c1-8(2)16-7-11-5-9-3-4-10(13)6-12(9)17(11,14)15/h3-6,8H,7H2,1-2H3. The van der Waals surface area contributed by atoms with Crippen molar-refractivity contribution in [1.29, 1.82) is 0 Å². The molecule has 5 heteroatoms. The molecular weight excluding hydrogens is 304 g/mol. The van der Waals surface area contributed by atoms with Crippen molar-refractivity contribution in [3.63, 3.8) is 0 Å². The smallest absolute Gasteiger partial charge is 0.205 e. The lowest BCUT2D eigenvalue weighted by Crippen LogP contribution is -2.10. The van der Waals surface area contributed by atoms with Crippen LogP contribution in [0.25, 0.3) is 6.08 Å². The van der Waals surface area contributed by atoms with E-state index in [0.717, 1.165) is 10.0 Å². The lowest BCUT2D eigenvalue weighted by atomic mass is 10.2. The van der Waals surface area contributed by atoms with E-state index < -0.39 is 9.84 Å². The van der Waals surface area contributed by atoms with Crippen LogP contribution in [0.4, 0.5) is 0 Å². The van der Waals surface area contributed by atoms with Crippen LogP contribution >= 0.6 is 15.9 Å². The maximum Gasteiger partial charge on any atom is 0.205 e. The van der Waals surface area contributed by atoms with Gasteiger partial charge in [0.1, 0.15) is 0 Å². The van der Waals surface area contributed by atoms with Gasteiger partial charge in [-0.3, -0.25) is 0 Å². The molecule has 17 heavy (non-hydrogen) atoms. The van der Waals surface area contributed by atoms with Gasteiger partial charge in [0.15, 0.2) is 0 Å². The third-order valence-electron chi connectivity index (χ3n) is 2.49. The molecule has 1 aliphatic heterocycles. The predicted octanol–water partition coefficient (Wildman–Crippen LogP) is 3.00. The maximum absolute atomic E-state index is 12.2. The van der Waals surface area contributed by atoms with Gasteiger partial charge in [0.05, 0.1) is 22.5 Å². The molecule has 2 rings (SSSR count). The second-order valence-corrected chi connectivity index (χ2v) is 7.04. The summed E-state index contributed by atoms with van der Waals surface area (Å²) in [4.78, 5) is 0.688. The van der Waals surface area contributed by atoms with Gasteiger partial charge in [-0.15, -0.1) is 0 Å². The van der Waals surface area contributed by atoms with Crippen LogP contribution in [0.2, 0.25) is 0 Å². The number of hydrogen-bond acceptors (Lipinski definition) is 3. The number of sulfone groups is 1. The lowest BCUT2D eigenvalue weighted by molar-refractivity contribution is 0.101. The Bertz CT molecular complexity index is 573. The number of hydrogen-bond donors (Lipinski definition) is 0. The van der Waals surface area contributed by atoms with Crippen LogP contribution in [-0.4, -0.2) is 21.1 Å². The number of fused-ring (bicyclic) bond motifs is 1. The molecule has 0 fully saturated rings. The van der Waals surface area contributed by atoms with E-state index >= 15 is 0 Å². The van der Waals surface area contributed by atoms with E-state index in [4.69, 9.17) is 4.74 Å². The first-order valence-electron chi connectivity index (χ1n) is 5.28. The molecule has 92 valence electrons. The molecule has 0 bridgehead atoms. The molecule has 1 aromatic carbocycles. The first kappa shape index (κ1) is 12.8. The van der Waals surface area contributed by atoms with Crippen molar-refractivity contribution in [1.82, 2.24) is 0 Å². The van der Waals surface area contributed by atoms with E-state index in [-0.39, 0.29) is 12.7 Å². The molecule has 0 spiro atoms. The van der Waals surface area contributed by atoms with Gasteiger partial charge in [0.2, 0.25) is 9.84 Å². The van der Waals surface area contributed by atoms with Crippen LogP contribution in [0.1, 0.15) is 19.4 Å². The van der Waals surface area contributed by atoms with Crippen LogP contribution in [0.3, 0.4) is 0 Å². The monoisotopic (exact) mass is 316 g/mol. The van der Waals surface area contributed by atoms with Crippen molar-refractivity contribution < 1.29 is 13.2 Å². The molecule has 0 N–H and O–H groups in total. The van der Waals surface area contributed by atoms with Gasteiger partial charge in [-0.2, -0.15) is 0 Å². The molecule has 1 aromatic rings. The first-order valence-corrected chi connectivity index (χ1v) is 7.55. The van der Waals surface area contributed by atoms with E-state index in [9.17, 15) is 8.42 Å². The Morgan fingerprint density at radius 1 is 1.35 bits per heavy atom. The van der Waals surface area contributed by atoms with Crippen molar-refractivity contribution >= 4 is 31.8 Å². The summed E-state index contributed by atoms with van der Waals surface area (Å²) in [7, 11) is -3.36. The Morgan fingerprint density at radius 2 is 2.06 bits per heavy atom. The summed E-state index contributed by atoms with van der Waals surface area (Å²) in [6.45, 7) is 3.89. The van der Waals surface area contributed by atoms with Crippen molar-refractivity contribution in [3.05, 3.63) is 33.1 Å². The summed E-state index contributed by atoms with van der Waals surface area (Å²) in [5.41, 5.74) is 0.732. The fourth-order valence-corrected chi connectivity index (χ4v) is 3.64. The summed E-state index contributed by atoms with van der Waals surface area (Å²) in [5, 5.41) is 0. The van der Waals surface area contributed by atoms with Gasteiger partial charge < -0.3 is 4.74 Å². The van der Waals surface area contributed by atoms with Crippen molar-refractivity contribution in [2.45, 2.75) is 24.8 Å². The third kappa shape index (κ3) is 2.46. The summed E-state index contributed by atoms with van der Waals surface area (Å²) < 4.78 is 30.5. The van der Waals surface area contributed by atoms with E-state index in [1.807, 2.05) is 19.9 Å². The topological polar surface area (TPSA) is 43.4 Å². The zero-order valence-corrected chi connectivity index (χ0v) is 12.0. The van der Waals surface area contributed by atoms with Gasteiger partial charge in [0, 0.05) is 4.47 Å². The molecule has 3 nitrogen and oxygen atoms in total. The first-order chi connectivity index (χ1) is 7.91.